The van der Waals surface area contributed by atoms with E-state index in [2.05, 4.69) is 25.6 Å². The van der Waals surface area contributed by atoms with E-state index in [4.69, 9.17) is 4.74 Å². The van der Waals surface area contributed by atoms with Crippen molar-refractivity contribution in [3.8, 4) is 0 Å². The normalized spacial score (nSPS) is 26.6. The highest BCUT2D eigenvalue weighted by atomic mass is 16.6. The molecule has 1 fully saturated rings. The van der Waals surface area contributed by atoms with E-state index in [0.29, 0.717) is 23.5 Å². The van der Waals surface area contributed by atoms with Crippen molar-refractivity contribution in [3.63, 3.8) is 0 Å². The standard InChI is InChI=1S/C19H22N6O4/c1-19(18(28)20-2)14(27)13(26)17(29-19)25-10-24-12-15(22-9-23-16(12)25)21-8-11-6-4-3-5-7-11/h3-7,9-10,13-14,17,26-27H,8H2,1-2H3,(H,20,28)(H,21,22,23)/t13?,14?,17?,19-/m0/s1. The molecule has 0 aliphatic carbocycles. The highest BCUT2D eigenvalue weighted by Crippen LogP contribution is 2.38. The second-order valence-electron chi connectivity index (χ2n) is 7.02. The molecule has 0 radical (unpaired) electrons. The number of nitrogens with one attached hydrogen (secondary N) is 2. The number of carbonyl (C=O) groups is 1. The quantitative estimate of drug-likeness (QED) is 0.479. The van der Waals surface area contributed by atoms with Crippen molar-refractivity contribution in [2.75, 3.05) is 12.4 Å². The molecule has 1 aliphatic heterocycles. The summed E-state index contributed by atoms with van der Waals surface area (Å²) in [5, 5.41) is 26.6. The van der Waals surface area contributed by atoms with E-state index < -0.39 is 29.9 Å². The summed E-state index contributed by atoms with van der Waals surface area (Å²) in [6.45, 7) is 1.98. The third-order valence-corrected chi connectivity index (χ3v) is 5.16. The molecule has 3 heterocycles. The van der Waals surface area contributed by atoms with Crippen molar-refractivity contribution in [3.05, 3.63) is 48.5 Å². The van der Waals surface area contributed by atoms with Crippen molar-refractivity contribution < 1.29 is 19.7 Å². The number of hydrogen-bond acceptors (Lipinski definition) is 8. The Morgan fingerprint density at radius 3 is 2.72 bits per heavy atom. The topological polar surface area (TPSA) is 134 Å². The molecule has 152 valence electrons. The van der Waals surface area contributed by atoms with E-state index in [1.807, 2.05) is 30.3 Å². The lowest BCUT2D eigenvalue weighted by Gasteiger charge is -2.25. The van der Waals surface area contributed by atoms with Crippen LogP contribution in [0.2, 0.25) is 0 Å². The number of likely N-dealkylation sites (N-methyl/N-ethyl adjacent to an activating group) is 1. The second-order valence-corrected chi connectivity index (χ2v) is 7.02. The van der Waals surface area contributed by atoms with Gasteiger partial charge in [-0.3, -0.25) is 9.36 Å². The van der Waals surface area contributed by atoms with Gasteiger partial charge in [0.2, 0.25) is 0 Å². The van der Waals surface area contributed by atoms with E-state index in [1.54, 1.807) is 0 Å². The van der Waals surface area contributed by atoms with E-state index in [0.717, 1.165) is 5.56 Å². The zero-order valence-corrected chi connectivity index (χ0v) is 16.0. The lowest BCUT2D eigenvalue weighted by atomic mass is 9.96. The molecule has 0 bridgehead atoms. The maximum Gasteiger partial charge on any atom is 0.254 e. The van der Waals surface area contributed by atoms with Crippen LogP contribution >= 0.6 is 0 Å². The SMILES string of the molecule is CNC(=O)[C@@]1(C)OC(n2cnc3c(NCc4ccccc4)ncnc32)C(O)C1O. The summed E-state index contributed by atoms with van der Waals surface area (Å²) in [5.74, 6) is -0.00415. The molecular weight excluding hydrogens is 376 g/mol. The molecule has 1 aliphatic rings. The average Bonchev–Trinajstić information content (AvgIpc) is 3.28. The first-order valence-electron chi connectivity index (χ1n) is 9.17. The Labute approximate surface area is 166 Å². The van der Waals surface area contributed by atoms with Crippen LogP contribution in [0.4, 0.5) is 5.82 Å². The number of ether oxygens (including phenoxy) is 1. The molecule has 3 aromatic rings. The lowest BCUT2D eigenvalue weighted by molar-refractivity contribution is -0.154. The summed E-state index contributed by atoms with van der Waals surface area (Å²) in [4.78, 5) is 25.0. The molecule has 1 saturated heterocycles. The third kappa shape index (κ3) is 3.20. The van der Waals surface area contributed by atoms with Crippen molar-refractivity contribution >= 4 is 22.9 Å². The van der Waals surface area contributed by atoms with Gasteiger partial charge in [-0.25, -0.2) is 15.0 Å². The molecule has 0 saturated carbocycles. The van der Waals surface area contributed by atoms with E-state index in [9.17, 15) is 15.0 Å². The van der Waals surface area contributed by atoms with Crippen molar-refractivity contribution in [1.29, 1.82) is 0 Å². The minimum absolute atomic E-state index is 0.410. The molecule has 4 N–H and O–H groups in total. The zero-order chi connectivity index (χ0) is 20.6. The molecule has 1 amide bonds. The zero-order valence-electron chi connectivity index (χ0n) is 16.0. The van der Waals surface area contributed by atoms with Crippen LogP contribution in [0, 0.1) is 0 Å². The van der Waals surface area contributed by atoms with Gasteiger partial charge in [-0.05, 0) is 12.5 Å². The molecule has 3 unspecified atom stereocenters. The summed E-state index contributed by atoms with van der Waals surface area (Å²) in [6.07, 6.45) is -0.964. The van der Waals surface area contributed by atoms with Crippen LogP contribution in [0.3, 0.4) is 0 Å². The summed E-state index contributed by atoms with van der Waals surface area (Å²) >= 11 is 0. The molecule has 0 spiro atoms. The summed E-state index contributed by atoms with van der Waals surface area (Å²) in [6, 6.07) is 9.84. The number of rotatable bonds is 5. The molecule has 1 aromatic carbocycles. The number of anilines is 1. The Kier molecular flexibility index (Phi) is 4.91. The van der Waals surface area contributed by atoms with Crippen molar-refractivity contribution in [1.82, 2.24) is 24.8 Å². The number of benzene rings is 1. The lowest BCUT2D eigenvalue weighted by Crippen LogP contribution is -2.51. The van der Waals surface area contributed by atoms with Crippen LogP contribution in [0.25, 0.3) is 11.2 Å². The smallest absolute Gasteiger partial charge is 0.254 e. The number of carbonyl (C=O) groups excluding carboxylic acids is 1. The first kappa shape index (κ1) is 19.2. The number of aromatic nitrogens is 4. The highest BCUT2D eigenvalue weighted by molar-refractivity contribution is 5.86. The number of imidazole rings is 1. The van der Waals surface area contributed by atoms with E-state index in [-0.39, 0.29) is 0 Å². The molecule has 10 nitrogen and oxygen atoms in total. The first-order valence-corrected chi connectivity index (χ1v) is 9.17. The number of aliphatic hydroxyl groups is 2. The van der Waals surface area contributed by atoms with Gasteiger partial charge in [-0.2, -0.15) is 0 Å². The minimum atomic E-state index is -1.60. The molecule has 29 heavy (non-hydrogen) atoms. The van der Waals surface area contributed by atoms with E-state index in [1.165, 1.54) is 31.2 Å². The van der Waals surface area contributed by atoms with Gasteiger partial charge in [-0.1, -0.05) is 30.3 Å². The van der Waals surface area contributed by atoms with Crippen LogP contribution in [-0.4, -0.2) is 60.5 Å². The highest BCUT2D eigenvalue weighted by Gasteiger charge is 2.56. The van der Waals surface area contributed by atoms with Gasteiger partial charge >= 0.3 is 0 Å². The predicted octanol–water partition coefficient (Wildman–Crippen LogP) is 0.194. The van der Waals surface area contributed by atoms with Gasteiger partial charge in [0.1, 0.15) is 18.5 Å². The maximum absolute atomic E-state index is 12.2. The van der Waals surface area contributed by atoms with Gasteiger partial charge in [-0.15, -0.1) is 0 Å². The summed E-state index contributed by atoms with van der Waals surface area (Å²) in [5.41, 5.74) is 0.379. The predicted molar refractivity (Wildman–Crippen MR) is 104 cm³/mol. The Morgan fingerprint density at radius 2 is 2.00 bits per heavy atom. The van der Waals surface area contributed by atoms with Gasteiger partial charge in [0, 0.05) is 13.6 Å². The van der Waals surface area contributed by atoms with Gasteiger partial charge in [0.25, 0.3) is 5.91 Å². The van der Waals surface area contributed by atoms with Gasteiger partial charge < -0.3 is 25.6 Å². The Bertz CT molecular complexity index is 1030. The van der Waals surface area contributed by atoms with Crippen molar-refractivity contribution in [2.45, 2.75) is 37.5 Å². The van der Waals surface area contributed by atoms with Crippen LogP contribution in [0.15, 0.2) is 43.0 Å². The average molecular weight is 398 g/mol. The second kappa shape index (κ2) is 7.39. The van der Waals surface area contributed by atoms with Crippen LogP contribution in [0.5, 0.6) is 0 Å². The van der Waals surface area contributed by atoms with Gasteiger partial charge in [0.05, 0.1) is 6.33 Å². The minimum Gasteiger partial charge on any atom is -0.387 e. The first-order chi connectivity index (χ1) is 14.0. The van der Waals surface area contributed by atoms with Crippen LogP contribution < -0.4 is 10.6 Å². The molecular formula is C19H22N6O4. The fourth-order valence-electron chi connectivity index (χ4n) is 3.48. The number of amides is 1. The molecule has 4 atom stereocenters. The largest absolute Gasteiger partial charge is 0.387 e. The van der Waals surface area contributed by atoms with Crippen LogP contribution in [-0.2, 0) is 16.1 Å². The van der Waals surface area contributed by atoms with E-state index >= 15 is 0 Å². The summed E-state index contributed by atoms with van der Waals surface area (Å²) < 4.78 is 7.27. The maximum atomic E-state index is 12.2. The van der Waals surface area contributed by atoms with Crippen LogP contribution in [0.1, 0.15) is 18.7 Å². The summed E-state index contributed by atoms with van der Waals surface area (Å²) in [7, 11) is 1.44. The van der Waals surface area contributed by atoms with Crippen molar-refractivity contribution in [2.24, 2.45) is 0 Å². The number of nitrogens with zero attached hydrogens (tertiary/aromatic N) is 4. The molecule has 10 heteroatoms. The number of fused-ring (bicyclic) bond motifs is 1. The fraction of sp³-hybridized carbons (Fsp3) is 0.368. The Morgan fingerprint density at radius 1 is 1.24 bits per heavy atom. The Balaban J connectivity index is 1.63. The van der Waals surface area contributed by atoms with Gasteiger partial charge in [0.15, 0.2) is 28.8 Å². The number of hydrogen-bond donors (Lipinski definition) is 4. The third-order valence-electron chi connectivity index (χ3n) is 5.16. The monoisotopic (exact) mass is 398 g/mol. The number of aliphatic hydroxyl groups excluding tert-OH is 2. The molecule has 2 aromatic heterocycles. The fourth-order valence-corrected chi connectivity index (χ4v) is 3.48. The molecule has 4 rings (SSSR count). The Hall–Kier alpha value is -3.08.